The predicted octanol–water partition coefficient (Wildman–Crippen LogP) is 1.20. The lowest BCUT2D eigenvalue weighted by Crippen LogP contribution is -2.43. The normalized spacial score (nSPS) is 17.8. The average molecular weight is 329 g/mol. The number of hydrogen-bond donors (Lipinski definition) is 1. The van der Waals surface area contributed by atoms with Gasteiger partial charge in [0.1, 0.15) is 11.4 Å². The van der Waals surface area contributed by atoms with Crippen molar-refractivity contribution < 1.29 is 9.59 Å². The van der Waals surface area contributed by atoms with Gasteiger partial charge in [-0.15, -0.1) is 0 Å². The maximum absolute atomic E-state index is 13.0. The average Bonchev–Trinajstić information content (AvgIpc) is 3.21. The molecule has 1 saturated heterocycles. The number of aryl methyl sites for hydroxylation is 1. The van der Waals surface area contributed by atoms with Gasteiger partial charge in [0.05, 0.1) is 6.20 Å². The third-order valence-corrected chi connectivity index (χ3v) is 4.43. The van der Waals surface area contributed by atoms with Crippen LogP contribution in [0, 0.1) is 5.92 Å². The van der Waals surface area contributed by atoms with E-state index in [0.717, 1.165) is 25.2 Å². The van der Waals surface area contributed by atoms with Gasteiger partial charge in [-0.3, -0.25) is 14.3 Å². The van der Waals surface area contributed by atoms with Crippen LogP contribution < -0.4 is 5.32 Å². The summed E-state index contributed by atoms with van der Waals surface area (Å²) in [6.07, 6.45) is 7.43. The Morgan fingerprint density at radius 3 is 2.79 bits per heavy atom. The molecule has 1 aliphatic heterocycles. The van der Waals surface area contributed by atoms with Crippen LogP contribution in [0.25, 0.3) is 5.82 Å². The molecule has 3 rings (SSSR count). The maximum Gasteiger partial charge on any atom is 0.259 e. The van der Waals surface area contributed by atoms with Crippen LogP contribution in [0.1, 0.15) is 30.1 Å². The van der Waals surface area contributed by atoms with Gasteiger partial charge in [0.25, 0.3) is 5.91 Å². The van der Waals surface area contributed by atoms with Crippen molar-refractivity contribution in [3.63, 3.8) is 0 Å². The van der Waals surface area contributed by atoms with Gasteiger partial charge in [-0.2, -0.15) is 5.10 Å². The minimum Gasteiger partial charge on any atom is -0.356 e. The van der Waals surface area contributed by atoms with Crippen LogP contribution in [0.2, 0.25) is 0 Å². The highest BCUT2D eigenvalue weighted by Gasteiger charge is 2.27. The second-order valence-corrected chi connectivity index (χ2v) is 6.29. The van der Waals surface area contributed by atoms with Crippen LogP contribution in [0.3, 0.4) is 0 Å². The summed E-state index contributed by atoms with van der Waals surface area (Å²) < 4.78 is 3.62. The molecule has 128 valence electrons. The summed E-state index contributed by atoms with van der Waals surface area (Å²) in [5.74, 6) is 1.05. The molecular formula is C17H23N5O2. The van der Waals surface area contributed by atoms with E-state index in [4.69, 9.17) is 0 Å². The quantitative estimate of drug-likeness (QED) is 0.916. The number of aromatic nitrogens is 3. The summed E-state index contributed by atoms with van der Waals surface area (Å²) >= 11 is 0. The Hall–Kier alpha value is -2.57. The zero-order chi connectivity index (χ0) is 17.1. The van der Waals surface area contributed by atoms with Crippen molar-refractivity contribution >= 4 is 11.8 Å². The Kier molecular flexibility index (Phi) is 4.69. The minimum absolute atomic E-state index is 0.000625. The van der Waals surface area contributed by atoms with E-state index in [-0.39, 0.29) is 11.8 Å². The van der Waals surface area contributed by atoms with Crippen molar-refractivity contribution in [3.05, 3.63) is 36.3 Å². The third kappa shape index (κ3) is 3.34. The van der Waals surface area contributed by atoms with E-state index >= 15 is 0 Å². The summed E-state index contributed by atoms with van der Waals surface area (Å²) in [6, 6.07) is 3.84. The molecule has 1 atom stereocenters. The number of nitrogens with one attached hydrogen (secondary N) is 1. The number of likely N-dealkylation sites (tertiary alicyclic amines) is 1. The number of rotatable bonds is 4. The van der Waals surface area contributed by atoms with Gasteiger partial charge in [-0.1, -0.05) is 0 Å². The molecule has 0 radical (unpaired) electrons. The lowest BCUT2D eigenvalue weighted by Gasteiger charge is -2.32. The van der Waals surface area contributed by atoms with E-state index in [9.17, 15) is 9.59 Å². The van der Waals surface area contributed by atoms with Crippen molar-refractivity contribution in [2.24, 2.45) is 13.0 Å². The fourth-order valence-corrected chi connectivity index (χ4v) is 3.24. The van der Waals surface area contributed by atoms with Crippen molar-refractivity contribution in [3.8, 4) is 5.82 Å². The summed E-state index contributed by atoms with van der Waals surface area (Å²) in [6.45, 7) is 3.55. The van der Waals surface area contributed by atoms with Crippen LogP contribution in [-0.2, 0) is 11.8 Å². The summed E-state index contributed by atoms with van der Waals surface area (Å²) in [5, 5.41) is 7.11. The number of nitrogens with zero attached hydrogens (tertiary/aromatic N) is 4. The fraction of sp³-hybridized carbons (Fsp3) is 0.471. The van der Waals surface area contributed by atoms with Gasteiger partial charge in [0.2, 0.25) is 5.91 Å². The van der Waals surface area contributed by atoms with Gasteiger partial charge >= 0.3 is 0 Å². The van der Waals surface area contributed by atoms with Crippen molar-refractivity contribution in [2.45, 2.75) is 19.8 Å². The summed E-state index contributed by atoms with van der Waals surface area (Å²) in [7, 11) is 1.84. The minimum atomic E-state index is -0.0272. The predicted molar refractivity (Wildman–Crippen MR) is 89.8 cm³/mol. The van der Waals surface area contributed by atoms with E-state index in [1.54, 1.807) is 10.9 Å². The first-order valence-corrected chi connectivity index (χ1v) is 8.25. The molecule has 2 aromatic rings. The SMILES string of the molecule is CC(=O)NCC1CCCN(C(=O)c2cnn(C)c2-n2cccc2)C1. The van der Waals surface area contributed by atoms with E-state index in [1.807, 2.05) is 41.0 Å². The lowest BCUT2D eigenvalue weighted by molar-refractivity contribution is -0.119. The standard InChI is InChI=1S/C17H23N5O2/c1-13(23)18-10-14-6-5-9-22(12-14)17(24)15-11-19-20(2)16(15)21-7-3-4-8-21/h3-4,7-8,11,14H,5-6,9-10,12H2,1-2H3,(H,18,23). The number of carbonyl (C=O) groups is 2. The molecule has 0 bridgehead atoms. The maximum atomic E-state index is 13.0. The summed E-state index contributed by atoms with van der Waals surface area (Å²) in [5.41, 5.74) is 0.605. The topological polar surface area (TPSA) is 72.2 Å². The second-order valence-electron chi connectivity index (χ2n) is 6.29. The molecule has 1 unspecified atom stereocenters. The molecule has 0 aromatic carbocycles. The largest absolute Gasteiger partial charge is 0.356 e. The van der Waals surface area contributed by atoms with E-state index < -0.39 is 0 Å². The van der Waals surface area contributed by atoms with Crippen LogP contribution in [0.15, 0.2) is 30.7 Å². The Morgan fingerprint density at radius 2 is 2.08 bits per heavy atom. The Morgan fingerprint density at radius 1 is 1.33 bits per heavy atom. The molecule has 7 nitrogen and oxygen atoms in total. The Balaban J connectivity index is 1.76. The molecule has 2 aromatic heterocycles. The van der Waals surface area contributed by atoms with Gasteiger partial charge in [-0.05, 0) is 30.9 Å². The van der Waals surface area contributed by atoms with Crippen LogP contribution in [0.4, 0.5) is 0 Å². The Bertz CT molecular complexity index is 719. The molecule has 0 saturated carbocycles. The van der Waals surface area contributed by atoms with Crippen molar-refractivity contribution in [1.82, 2.24) is 24.6 Å². The highest BCUT2D eigenvalue weighted by molar-refractivity contribution is 5.97. The van der Waals surface area contributed by atoms with Gasteiger partial charge < -0.3 is 14.8 Å². The molecule has 0 aliphatic carbocycles. The number of carbonyl (C=O) groups excluding carboxylic acids is 2. The van der Waals surface area contributed by atoms with Gasteiger partial charge in [0.15, 0.2) is 0 Å². The zero-order valence-electron chi connectivity index (χ0n) is 14.1. The summed E-state index contributed by atoms with van der Waals surface area (Å²) in [4.78, 5) is 26.0. The van der Waals surface area contributed by atoms with E-state index in [1.165, 1.54) is 6.92 Å². The van der Waals surface area contributed by atoms with Gasteiger partial charge in [-0.25, -0.2) is 0 Å². The Labute approximate surface area is 141 Å². The highest BCUT2D eigenvalue weighted by atomic mass is 16.2. The molecule has 24 heavy (non-hydrogen) atoms. The number of hydrogen-bond acceptors (Lipinski definition) is 3. The molecule has 0 spiro atoms. The molecule has 7 heteroatoms. The van der Waals surface area contributed by atoms with Gasteiger partial charge in [0, 0.05) is 46.0 Å². The molecule has 3 heterocycles. The first kappa shape index (κ1) is 16.3. The second kappa shape index (κ2) is 6.90. The number of piperidine rings is 1. The smallest absolute Gasteiger partial charge is 0.259 e. The molecule has 1 aliphatic rings. The van der Waals surface area contributed by atoms with E-state index in [0.29, 0.717) is 24.6 Å². The van der Waals surface area contributed by atoms with E-state index in [2.05, 4.69) is 10.4 Å². The molecule has 1 fully saturated rings. The lowest BCUT2D eigenvalue weighted by atomic mass is 9.97. The van der Waals surface area contributed by atoms with Crippen LogP contribution in [-0.4, -0.2) is 50.7 Å². The first-order valence-electron chi connectivity index (χ1n) is 8.25. The molecule has 1 N–H and O–H groups in total. The monoisotopic (exact) mass is 329 g/mol. The highest BCUT2D eigenvalue weighted by Crippen LogP contribution is 2.21. The first-order chi connectivity index (χ1) is 11.6. The molecular weight excluding hydrogens is 306 g/mol. The number of amides is 2. The van der Waals surface area contributed by atoms with Crippen molar-refractivity contribution in [1.29, 1.82) is 0 Å². The third-order valence-electron chi connectivity index (χ3n) is 4.43. The molecule has 2 amide bonds. The fourth-order valence-electron chi connectivity index (χ4n) is 3.24. The van der Waals surface area contributed by atoms with Crippen LogP contribution in [0.5, 0.6) is 0 Å². The zero-order valence-corrected chi connectivity index (χ0v) is 14.1. The van der Waals surface area contributed by atoms with Crippen LogP contribution >= 0.6 is 0 Å². The van der Waals surface area contributed by atoms with Crippen molar-refractivity contribution in [2.75, 3.05) is 19.6 Å².